The third-order valence-corrected chi connectivity index (χ3v) is 4.28. The van der Waals surface area contributed by atoms with E-state index in [4.69, 9.17) is 0 Å². The summed E-state index contributed by atoms with van der Waals surface area (Å²) in [4.78, 5) is 29.4. The molecule has 2 amide bonds. The predicted octanol–water partition coefficient (Wildman–Crippen LogP) is 2.28. The second-order valence-electron chi connectivity index (χ2n) is 6.15. The minimum absolute atomic E-state index is 0.0269. The van der Waals surface area contributed by atoms with E-state index < -0.39 is 11.7 Å². The molecule has 1 aliphatic rings. The zero-order valence-corrected chi connectivity index (χ0v) is 14.6. The van der Waals surface area contributed by atoms with Crippen molar-refractivity contribution in [3.63, 3.8) is 0 Å². The van der Waals surface area contributed by atoms with Crippen LogP contribution in [0, 0.1) is 5.92 Å². The maximum atomic E-state index is 12.9. The first-order chi connectivity index (χ1) is 12.3. The number of aromatic nitrogens is 1. The molecule has 0 aromatic carbocycles. The topological polar surface area (TPSA) is 74.3 Å². The van der Waals surface area contributed by atoms with Crippen LogP contribution in [-0.2, 0) is 15.8 Å². The van der Waals surface area contributed by atoms with Gasteiger partial charge in [-0.1, -0.05) is 6.92 Å². The number of alkyl halides is 3. The second-order valence-corrected chi connectivity index (χ2v) is 6.15. The first-order valence-corrected chi connectivity index (χ1v) is 8.64. The van der Waals surface area contributed by atoms with Crippen LogP contribution in [0.15, 0.2) is 18.3 Å². The Morgan fingerprint density at radius 3 is 2.81 bits per heavy atom. The molecule has 0 unspecified atom stereocenters. The summed E-state index contributed by atoms with van der Waals surface area (Å²) in [5.41, 5.74) is -0.840. The number of hydrogen-bond donors (Lipinski definition) is 2. The van der Waals surface area contributed by atoms with Gasteiger partial charge in [0.25, 0.3) is 0 Å². The third-order valence-electron chi connectivity index (χ3n) is 4.28. The number of anilines is 1. The SMILES string of the molecule is CCC(=O)N1CCC[C@H](C(=O)NCCNc2ncccc2C(F)(F)F)C1. The Morgan fingerprint density at radius 2 is 2.12 bits per heavy atom. The fourth-order valence-corrected chi connectivity index (χ4v) is 2.93. The molecule has 6 nitrogen and oxygen atoms in total. The summed E-state index contributed by atoms with van der Waals surface area (Å²) in [6, 6.07) is 2.18. The Balaban J connectivity index is 1.80. The average molecular weight is 372 g/mol. The van der Waals surface area contributed by atoms with E-state index in [1.807, 2.05) is 0 Å². The zero-order chi connectivity index (χ0) is 19.2. The van der Waals surface area contributed by atoms with Gasteiger partial charge in [-0.15, -0.1) is 0 Å². The van der Waals surface area contributed by atoms with Crippen molar-refractivity contribution in [2.75, 3.05) is 31.5 Å². The summed E-state index contributed by atoms with van der Waals surface area (Å²) in [7, 11) is 0. The van der Waals surface area contributed by atoms with Crippen LogP contribution in [0.2, 0.25) is 0 Å². The van der Waals surface area contributed by atoms with Gasteiger partial charge in [-0.25, -0.2) is 4.98 Å². The molecule has 26 heavy (non-hydrogen) atoms. The maximum Gasteiger partial charge on any atom is 0.419 e. The number of carbonyl (C=O) groups is 2. The van der Waals surface area contributed by atoms with Crippen molar-refractivity contribution in [3.8, 4) is 0 Å². The lowest BCUT2D eigenvalue weighted by atomic mass is 9.97. The first-order valence-electron chi connectivity index (χ1n) is 8.64. The molecule has 0 radical (unpaired) electrons. The van der Waals surface area contributed by atoms with Crippen molar-refractivity contribution in [1.29, 1.82) is 0 Å². The summed E-state index contributed by atoms with van der Waals surface area (Å²) in [5.74, 6) is -0.692. The first kappa shape index (κ1) is 20.0. The molecule has 144 valence electrons. The van der Waals surface area contributed by atoms with Gasteiger partial charge in [0.2, 0.25) is 11.8 Å². The molecule has 2 rings (SSSR count). The largest absolute Gasteiger partial charge is 0.419 e. The van der Waals surface area contributed by atoms with Gasteiger partial charge in [0.15, 0.2) is 0 Å². The normalized spacial score (nSPS) is 17.7. The zero-order valence-electron chi connectivity index (χ0n) is 14.6. The van der Waals surface area contributed by atoms with Crippen LogP contribution in [0.3, 0.4) is 0 Å². The minimum Gasteiger partial charge on any atom is -0.368 e. The molecule has 9 heteroatoms. The van der Waals surface area contributed by atoms with E-state index in [2.05, 4.69) is 15.6 Å². The molecule has 2 heterocycles. The van der Waals surface area contributed by atoms with Crippen LogP contribution in [-0.4, -0.2) is 47.9 Å². The minimum atomic E-state index is -4.49. The van der Waals surface area contributed by atoms with Crippen molar-refractivity contribution in [1.82, 2.24) is 15.2 Å². The van der Waals surface area contributed by atoms with Crippen LogP contribution in [0.1, 0.15) is 31.7 Å². The van der Waals surface area contributed by atoms with Crippen LogP contribution in [0.5, 0.6) is 0 Å². The quantitative estimate of drug-likeness (QED) is 0.752. The van der Waals surface area contributed by atoms with Gasteiger partial charge in [0, 0.05) is 38.8 Å². The second kappa shape index (κ2) is 8.86. The van der Waals surface area contributed by atoms with Crippen LogP contribution < -0.4 is 10.6 Å². The number of nitrogens with one attached hydrogen (secondary N) is 2. The molecule has 1 aromatic rings. The third kappa shape index (κ3) is 5.34. The fourth-order valence-electron chi connectivity index (χ4n) is 2.93. The number of rotatable bonds is 6. The molecular formula is C17H23F3N4O2. The maximum absolute atomic E-state index is 12.9. The van der Waals surface area contributed by atoms with Crippen molar-refractivity contribution >= 4 is 17.6 Å². The van der Waals surface area contributed by atoms with E-state index in [-0.39, 0.29) is 36.6 Å². The Morgan fingerprint density at radius 1 is 1.35 bits per heavy atom. The number of piperidine rings is 1. The summed E-state index contributed by atoms with van der Waals surface area (Å²) >= 11 is 0. The van der Waals surface area contributed by atoms with Crippen molar-refractivity contribution in [2.45, 2.75) is 32.4 Å². The molecule has 0 bridgehead atoms. The number of carbonyl (C=O) groups excluding carboxylic acids is 2. The van der Waals surface area contributed by atoms with E-state index in [1.54, 1.807) is 11.8 Å². The van der Waals surface area contributed by atoms with Crippen LogP contribution in [0.25, 0.3) is 0 Å². The van der Waals surface area contributed by atoms with E-state index in [9.17, 15) is 22.8 Å². The van der Waals surface area contributed by atoms with Gasteiger partial charge < -0.3 is 15.5 Å². The Kier molecular flexibility index (Phi) is 6.82. The Labute approximate surface area is 150 Å². The molecule has 1 aromatic heterocycles. The van der Waals surface area contributed by atoms with Gasteiger partial charge in [-0.2, -0.15) is 13.2 Å². The van der Waals surface area contributed by atoms with Crippen molar-refractivity contribution in [3.05, 3.63) is 23.9 Å². The van der Waals surface area contributed by atoms with Gasteiger partial charge in [-0.3, -0.25) is 9.59 Å². The number of likely N-dealkylation sites (tertiary alicyclic amines) is 1. The van der Waals surface area contributed by atoms with Crippen molar-refractivity contribution < 1.29 is 22.8 Å². The van der Waals surface area contributed by atoms with Gasteiger partial charge in [-0.05, 0) is 25.0 Å². The number of hydrogen-bond acceptors (Lipinski definition) is 4. The number of pyridine rings is 1. The highest BCUT2D eigenvalue weighted by molar-refractivity contribution is 5.81. The highest BCUT2D eigenvalue weighted by Crippen LogP contribution is 2.33. The fraction of sp³-hybridized carbons (Fsp3) is 0.588. The molecule has 1 saturated heterocycles. The van der Waals surface area contributed by atoms with E-state index >= 15 is 0 Å². The molecular weight excluding hydrogens is 349 g/mol. The lowest BCUT2D eigenvalue weighted by molar-refractivity contribution is -0.137. The highest BCUT2D eigenvalue weighted by Gasteiger charge is 2.34. The molecule has 1 fully saturated rings. The average Bonchev–Trinajstić information content (AvgIpc) is 2.64. The molecule has 2 N–H and O–H groups in total. The molecule has 0 saturated carbocycles. The van der Waals surface area contributed by atoms with Crippen LogP contribution >= 0.6 is 0 Å². The number of nitrogens with zero attached hydrogens (tertiary/aromatic N) is 2. The molecule has 1 atom stereocenters. The number of amides is 2. The van der Waals surface area contributed by atoms with Gasteiger partial charge >= 0.3 is 6.18 Å². The van der Waals surface area contributed by atoms with Gasteiger partial charge in [0.05, 0.1) is 11.5 Å². The molecule has 0 spiro atoms. The summed E-state index contributed by atoms with van der Waals surface area (Å²) in [5, 5.41) is 5.31. The lowest BCUT2D eigenvalue weighted by Gasteiger charge is -2.31. The van der Waals surface area contributed by atoms with Crippen molar-refractivity contribution in [2.24, 2.45) is 5.92 Å². The molecule has 1 aliphatic heterocycles. The van der Waals surface area contributed by atoms with Crippen LogP contribution in [0.4, 0.5) is 19.0 Å². The standard InChI is InChI=1S/C17H23F3N4O2/c1-2-14(25)24-10-4-5-12(11-24)16(26)23-9-8-22-15-13(17(18,19)20)6-3-7-21-15/h3,6-7,12H,2,4-5,8-11H2,1H3,(H,21,22)(H,23,26)/t12-/m0/s1. The molecule has 0 aliphatic carbocycles. The lowest BCUT2D eigenvalue weighted by Crippen LogP contribution is -2.45. The Hall–Kier alpha value is -2.32. The Bertz CT molecular complexity index is 637. The predicted molar refractivity (Wildman–Crippen MR) is 90.3 cm³/mol. The monoisotopic (exact) mass is 372 g/mol. The summed E-state index contributed by atoms with van der Waals surface area (Å²) < 4.78 is 38.6. The van der Waals surface area contributed by atoms with E-state index in [0.717, 1.165) is 12.5 Å². The smallest absolute Gasteiger partial charge is 0.368 e. The van der Waals surface area contributed by atoms with E-state index in [1.165, 1.54) is 12.3 Å². The summed E-state index contributed by atoms with van der Waals surface area (Å²) in [6.07, 6.45) is -1.34. The van der Waals surface area contributed by atoms with Gasteiger partial charge in [0.1, 0.15) is 5.82 Å². The number of halogens is 3. The summed E-state index contributed by atoms with van der Waals surface area (Å²) in [6.45, 7) is 3.13. The highest BCUT2D eigenvalue weighted by atomic mass is 19.4. The van der Waals surface area contributed by atoms with E-state index in [0.29, 0.717) is 25.9 Å².